The predicted octanol–water partition coefficient (Wildman–Crippen LogP) is 6.33. The Hall–Kier alpha value is -4.67. The summed E-state index contributed by atoms with van der Waals surface area (Å²) < 4.78 is 23.9. The summed E-state index contributed by atoms with van der Waals surface area (Å²) in [6.45, 7) is 2.13. The molecule has 2 aliphatic rings. The van der Waals surface area contributed by atoms with Crippen molar-refractivity contribution in [2.24, 2.45) is 5.73 Å². The van der Waals surface area contributed by atoms with E-state index in [2.05, 4.69) is 15.2 Å². The van der Waals surface area contributed by atoms with Crippen LogP contribution in [-0.4, -0.2) is 66.8 Å². The van der Waals surface area contributed by atoms with E-state index in [0.717, 1.165) is 50.5 Å². The molecule has 3 N–H and O–H groups in total. The number of pyridine rings is 1. The van der Waals surface area contributed by atoms with Crippen molar-refractivity contribution in [2.45, 2.75) is 63.1 Å². The smallest absolute Gasteiger partial charge is 0.323 e. The SMILES string of the molecule is COc1cc2c(Oc3ccc(NC(=O)c4ccccc4)cc3)ccnc2cc1OCC1CCCN1CC[C@H](N)C(=O)OC1CCCC1. The number of esters is 1. The van der Waals surface area contributed by atoms with E-state index in [1.165, 1.54) is 0 Å². The van der Waals surface area contributed by atoms with Gasteiger partial charge in [-0.15, -0.1) is 0 Å². The fourth-order valence-electron chi connectivity index (χ4n) is 6.26. The van der Waals surface area contributed by atoms with Crippen LogP contribution in [0.5, 0.6) is 23.0 Å². The van der Waals surface area contributed by atoms with Crippen LogP contribution in [0, 0.1) is 0 Å². The highest BCUT2D eigenvalue weighted by Gasteiger charge is 2.28. The minimum atomic E-state index is -0.612. The predicted molar refractivity (Wildman–Crippen MR) is 180 cm³/mol. The summed E-state index contributed by atoms with van der Waals surface area (Å²) >= 11 is 0. The zero-order valence-corrected chi connectivity index (χ0v) is 26.7. The molecule has 2 fully saturated rings. The van der Waals surface area contributed by atoms with Crippen molar-refractivity contribution >= 4 is 28.5 Å². The van der Waals surface area contributed by atoms with Gasteiger partial charge in [0.05, 0.1) is 12.6 Å². The van der Waals surface area contributed by atoms with Crippen LogP contribution < -0.4 is 25.3 Å². The summed E-state index contributed by atoms with van der Waals surface area (Å²) in [5.74, 6) is 1.95. The molecule has 0 spiro atoms. The van der Waals surface area contributed by atoms with Crippen molar-refractivity contribution in [1.29, 1.82) is 0 Å². The van der Waals surface area contributed by atoms with Crippen LogP contribution in [0.25, 0.3) is 10.9 Å². The largest absolute Gasteiger partial charge is 0.493 e. The number of likely N-dealkylation sites (tertiary alicyclic amines) is 1. The lowest BCUT2D eigenvalue weighted by Crippen LogP contribution is -2.40. The van der Waals surface area contributed by atoms with Gasteiger partial charge in [0.25, 0.3) is 5.91 Å². The van der Waals surface area contributed by atoms with Gasteiger partial charge in [0, 0.05) is 41.5 Å². The number of methoxy groups -OCH3 is 1. The molecule has 1 saturated carbocycles. The van der Waals surface area contributed by atoms with Gasteiger partial charge in [-0.3, -0.25) is 19.5 Å². The van der Waals surface area contributed by atoms with Gasteiger partial charge in [-0.2, -0.15) is 0 Å². The van der Waals surface area contributed by atoms with Crippen molar-refractivity contribution in [3.05, 3.63) is 84.6 Å². The molecule has 1 aliphatic heterocycles. The zero-order valence-electron chi connectivity index (χ0n) is 26.7. The van der Waals surface area contributed by atoms with Crippen LogP contribution in [0.15, 0.2) is 79.0 Å². The molecule has 3 aromatic carbocycles. The number of carbonyl (C=O) groups is 2. The van der Waals surface area contributed by atoms with E-state index in [-0.39, 0.29) is 24.0 Å². The minimum absolute atomic E-state index is 0.0306. The number of anilines is 1. The molecule has 2 heterocycles. The monoisotopic (exact) mass is 638 g/mol. The van der Waals surface area contributed by atoms with Crippen LogP contribution >= 0.6 is 0 Å². The second-order valence-corrected chi connectivity index (χ2v) is 12.2. The van der Waals surface area contributed by atoms with E-state index >= 15 is 0 Å². The summed E-state index contributed by atoms with van der Waals surface area (Å²) in [5, 5.41) is 3.68. The number of hydrogen-bond acceptors (Lipinski definition) is 9. The Morgan fingerprint density at radius 3 is 2.51 bits per heavy atom. The summed E-state index contributed by atoms with van der Waals surface area (Å²) in [4.78, 5) is 31.9. The molecule has 2 atom stereocenters. The van der Waals surface area contributed by atoms with Gasteiger partial charge in [-0.25, -0.2) is 0 Å². The van der Waals surface area contributed by atoms with E-state index < -0.39 is 6.04 Å². The highest BCUT2D eigenvalue weighted by atomic mass is 16.5. The van der Waals surface area contributed by atoms with Gasteiger partial charge >= 0.3 is 5.97 Å². The first-order valence-corrected chi connectivity index (χ1v) is 16.4. The van der Waals surface area contributed by atoms with E-state index in [4.69, 9.17) is 24.7 Å². The topological polar surface area (TPSA) is 125 Å². The molecular weight excluding hydrogens is 596 g/mol. The fourth-order valence-corrected chi connectivity index (χ4v) is 6.26. The Kier molecular flexibility index (Phi) is 10.5. The van der Waals surface area contributed by atoms with Crippen LogP contribution in [0.1, 0.15) is 55.3 Å². The number of amides is 1. The average molecular weight is 639 g/mol. The van der Waals surface area contributed by atoms with Crippen LogP contribution in [0.2, 0.25) is 0 Å². The second kappa shape index (κ2) is 15.3. The molecule has 47 heavy (non-hydrogen) atoms. The van der Waals surface area contributed by atoms with E-state index in [1.54, 1.807) is 55.8 Å². The Morgan fingerprint density at radius 1 is 0.957 bits per heavy atom. The lowest BCUT2D eigenvalue weighted by atomic mass is 10.1. The molecule has 1 aliphatic carbocycles. The minimum Gasteiger partial charge on any atom is -0.493 e. The van der Waals surface area contributed by atoms with Crippen LogP contribution in [0.4, 0.5) is 5.69 Å². The molecule has 0 bridgehead atoms. The summed E-state index contributed by atoms with van der Waals surface area (Å²) in [7, 11) is 1.61. The molecule has 1 amide bonds. The highest BCUT2D eigenvalue weighted by molar-refractivity contribution is 6.04. The first-order valence-electron chi connectivity index (χ1n) is 16.4. The summed E-state index contributed by atoms with van der Waals surface area (Å²) in [6, 6.07) is 21.4. The molecular formula is C37H42N4O6. The van der Waals surface area contributed by atoms with Crippen molar-refractivity contribution in [3.63, 3.8) is 0 Å². The van der Waals surface area contributed by atoms with Crippen LogP contribution in [0.3, 0.4) is 0 Å². The lowest BCUT2D eigenvalue weighted by Gasteiger charge is -2.26. The second-order valence-electron chi connectivity index (χ2n) is 12.2. The third-order valence-corrected chi connectivity index (χ3v) is 8.91. The number of benzene rings is 3. The quantitative estimate of drug-likeness (QED) is 0.162. The molecule has 6 rings (SSSR count). The van der Waals surface area contributed by atoms with E-state index in [1.807, 2.05) is 30.3 Å². The molecule has 1 aromatic heterocycles. The molecule has 246 valence electrons. The maximum Gasteiger partial charge on any atom is 0.323 e. The van der Waals surface area contributed by atoms with Gasteiger partial charge in [0.1, 0.15) is 30.3 Å². The molecule has 0 radical (unpaired) electrons. The van der Waals surface area contributed by atoms with Crippen molar-refractivity contribution < 1.29 is 28.5 Å². The Balaban J connectivity index is 1.06. The zero-order chi connectivity index (χ0) is 32.6. The van der Waals surface area contributed by atoms with Gasteiger partial charge < -0.3 is 30.0 Å². The Labute approximate surface area is 275 Å². The molecule has 1 saturated heterocycles. The summed E-state index contributed by atoms with van der Waals surface area (Å²) in [6.07, 6.45) is 8.46. The van der Waals surface area contributed by atoms with E-state index in [0.29, 0.717) is 59.3 Å². The van der Waals surface area contributed by atoms with Crippen LogP contribution in [-0.2, 0) is 9.53 Å². The van der Waals surface area contributed by atoms with Gasteiger partial charge in [-0.05, 0) is 100 Å². The third-order valence-electron chi connectivity index (χ3n) is 8.91. The maximum atomic E-state index is 12.5. The fraction of sp³-hybridized carbons (Fsp3) is 0.378. The van der Waals surface area contributed by atoms with Gasteiger partial charge in [-0.1, -0.05) is 18.2 Å². The number of aromatic nitrogens is 1. The number of hydrogen-bond donors (Lipinski definition) is 2. The molecule has 10 nitrogen and oxygen atoms in total. The third kappa shape index (κ3) is 8.19. The van der Waals surface area contributed by atoms with Crippen molar-refractivity contribution in [3.8, 4) is 23.0 Å². The normalized spacial score (nSPS) is 17.4. The number of carbonyl (C=O) groups excluding carboxylic acids is 2. The lowest BCUT2D eigenvalue weighted by molar-refractivity contribution is -0.150. The number of fused-ring (bicyclic) bond motifs is 1. The van der Waals surface area contributed by atoms with Gasteiger partial charge in [0.2, 0.25) is 0 Å². The van der Waals surface area contributed by atoms with E-state index in [9.17, 15) is 9.59 Å². The molecule has 1 unspecified atom stereocenters. The summed E-state index contributed by atoms with van der Waals surface area (Å²) in [5.41, 5.74) is 8.16. The number of ether oxygens (including phenoxy) is 4. The number of nitrogens with one attached hydrogen (secondary N) is 1. The Bertz CT molecular complexity index is 1660. The first kappa shape index (κ1) is 32.3. The number of nitrogens with two attached hydrogens (primary N) is 1. The van der Waals surface area contributed by atoms with Crippen molar-refractivity contribution in [1.82, 2.24) is 9.88 Å². The van der Waals surface area contributed by atoms with Gasteiger partial charge in [0.15, 0.2) is 11.5 Å². The maximum absolute atomic E-state index is 12.5. The average Bonchev–Trinajstić information content (AvgIpc) is 3.79. The number of nitrogens with zero attached hydrogens (tertiary/aromatic N) is 2. The molecule has 10 heteroatoms. The molecule has 4 aromatic rings. The standard InChI is InChI=1S/C37H42N4O6/c1-44-34-22-30-32(39-19-17-33(30)46-29-15-13-26(14-16-29)40-36(42)25-8-3-2-4-9-25)23-35(34)45-24-27-10-7-20-41(27)21-18-31(38)37(43)47-28-11-5-6-12-28/h2-4,8-9,13-17,19,22-23,27-28,31H,5-7,10-12,18,20-21,24,38H2,1H3,(H,40,42)/t27?,31-/m0/s1. The first-order chi connectivity index (χ1) is 23.0. The highest BCUT2D eigenvalue weighted by Crippen LogP contribution is 2.37. The van der Waals surface area contributed by atoms with Crippen molar-refractivity contribution in [2.75, 3.05) is 32.1 Å². The number of rotatable bonds is 13. The Morgan fingerprint density at radius 2 is 1.74 bits per heavy atom.